The monoisotopic (exact) mass is 346 g/mol. The van der Waals surface area contributed by atoms with Crippen LogP contribution in [0.15, 0.2) is 18.2 Å². The van der Waals surface area contributed by atoms with Gasteiger partial charge >= 0.3 is 5.97 Å². The third-order valence-electron chi connectivity index (χ3n) is 4.89. The Balaban J connectivity index is 1.94. The molecule has 1 aromatic rings. The number of carbonyl (C=O) groups is 3. The maximum absolute atomic E-state index is 12.5. The quantitative estimate of drug-likeness (QED) is 0.879. The number of hydrogen-bond donors (Lipinski definition) is 1. The molecule has 0 radical (unpaired) electrons. The van der Waals surface area contributed by atoms with Gasteiger partial charge in [0, 0.05) is 20.1 Å². The topological polar surface area (TPSA) is 77.9 Å². The van der Waals surface area contributed by atoms with E-state index in [0.29, 0.717) is 19.4 Å². The van der Waals surface area contributed by atoms with Gasteiger partial charge < -0.3 is 14.9 Å². The Hall–Kier alpha value is -2.37. The molecule has 1 aliphatic heterocycles. The lowest BCUT2D eigenvalue weighted by atomic mass is 9.98. The minimum atomic E-state index is -0.864. The van der Waals surface area contributed by atoms with Crippen molar-refractivity contribution in [1.82, 2.24) is 9.80 Å². The third kappa shape index (κ3) is 4.81. The standard InChI is InChI=1S/C19H26N2O4/c1-13-6-4-7-14(2)16(13)10-17(22)20(3)12-18(23)21-9-5-8-15(11-21)19(24)25/h4,6-7,15H,5,8-12H2,1-3H3,(H,24,25). The molecule has 1 N–H and O–H groups in total. The summed E-state index contributed by atoms with van der Waals surface area (Å²) in [6, 6.07) is 5.90. The van der Waals surface area contributed by atoms with Crippen LogP contribution in [0.2, 0.25) is 0 Å². The van der Waals surface area contributed by atoms with Crippen molar-refractivity contribution in [3.05, 3.63) is 34.9 Å². The molecule has 0 aliphatic carbocycles. The van der Waals surface area contributed by atoms with Gasteiger partial charge in [0.1, 0.15) is 0 Å². The van der Waals surface area contributed by atoms with Crippen molar-refractivity contribution in [2.24, 2.45) is 5.92 Å². The normalized spacial score (nSPS) is 17.2. The first-order chi connectivity index (χ1) is 11.8. The average molecular weight is 346 g/mol. The van der Waals surface area contributed by atoms with Crippen LogP contribution in [0.3, 0.4) is 0 Å². The summed E-state index contributed by atoms with van der Waals surface area (Å²) in [4.78, 5) is 39.0. The summed E-state index contributed by atoms with van der Waals surface area (Å²) < 4.78 is 0. The van der Waals surface area contributed by atoms with Gasteiger partial charge in [-0.3, -0.25) is 14.4 Å². The SMILES string of the molecule is Cc1cccc(C)c1CC(=O)N(C)CC(=O)N1CCCC(C(=O)O)C1. The van der Waals surface area contributed by atoms with Crippen LogP contribution in [0.25, 0.3) is 0 Å². The van der Waals surface area contributed by atoms with Gasteiger partial charge in [0.05, 0.1) is 18.9 Å². The number of nitrogens with zero attached hydrogens (tertiary/aromatic N) is 2. The minimum absolute atomic E-state index is 0.0178. The Morgan fingerprint density at radius 2 is 1.88 bits per heavy atom. The van der Waals surface area contributed by atoms with E-state index in [1.54, 1.807) is 11.9 Å². The largest absolute Gasteiger partial charge is 0.481 e. The van der Waals surface area contributed by atoms with Crippen molar-refractivity contribution in [1.29, 1.82) is 0 Å². The van der Waals surface area contributed by atoms with Crippen molar-refractivity contribution in [2.45, 2.75) is 33.1 Å². The van der Waals surface area contributed by atoms with Crippen molar-refractivity contribution in [3.63, 3.8) is 0 Å². The van der Waals surface area contributed by atoms with Crippen LogP contribution in [-0.2, 0) is 20.8 Å². The number of piperidine rings is 1. The van der Waals surface area contributed by atoms with E-state index >= 15 is 0 Å². The highest BCUT2D eigenvalue weighted by atomic mass is 16.4. The molecule has 2 amide bonds. The summed E-state index contributed by atoms with van der Waals surface area (Å²) in [5, 5.41) is 9.12. The molecule has 1 atom stereocenters. The molecule has 1 aliphatic rings. The molecule has 6 nitrogen and oxygen atoms in total. The van der Waals surface area contributed by atoms with Gasteiger partial charge in [0.15, 0.2) is 0 Å². The van der Waals surface area contributed by atoms with E-state index in [9.17, 15) is 14.4 Å². The van der Waals surface area contributed by atoms with Crippen LogP contribution < -0.4 is 0 Å². The average Bonchev–Trinajstić information content (AvgIpc) is 2.58. The number of likely N-dealkylation sites (N-methyl/N-ethyl adjacent to an activating group) is 1. The lowest BCUT2D eigenvalue weighted by Crippen LogP contribution is -2.47. The van der Waals surface area contributed by atoms with E-state index in [1.807, 2.05) is 32.0 Å². The highest BCUT2D eigenvalue weighted by Crippen LogP contribution is 2.17. The molecule has 1 unspecified atom stereocenters. The maximum atomic E-state index is 12.5. The molecule has 25 heavy (non-hydrogen) atoms. The fraction of sp³-hybridized carbons (Fsp3) is 0.526. The fourth-order valence-electron chi connectivity index (χ4n) is 3.21. The van der Waals surface area contributed by atoms with Crippen molar-refractivity contribution < 1.29 is 19.5 Å². The molecule has 6 heteroatoms. The number of likely N-dealkylation sites (tertiary alicyclic amines) is 1. The first-order valence-electron chi connectivity index (χ1n) is 8.59. The van der Waals surface area contributed by atoms with Gasteiger partial charge in [-0.15, -0.1) is 0 Å². The lowest BCUT2D eigenvalue weighted by molar-refractivity contribution is -0.147. The van der Waals surface area contributed by atoms with Crippen LogP contribution in [0.5, 0.6) is 0 Å². The Morgan fingerprint density at radius 3 is 2.48 bits per heavy atom. The number of rotatable bonds is 5. The van der Waals surface area contributed by atoms with Crippen LogP contribution in [0, 0.1) is 19.8 Å². The highest BCUT2D eigenvalue weighted by Gasteiger charge is 2.29. The van der Waals surface area contributed by atoms with Crippen molar-refractivity contribution in [3.8, 4) is 0 Å². The van der Waals surface area contributed by atoms with E-state index in [-0.39, 0.29) is 31.3 Å². The summed E-state index contributed by atoms with van der Waals surface area (Å²) in [5.41, 5.74) is 3.12. The fourth-order valence-corrected chi connectivity index (χ4v) is 3.21. The molecule has 1 fully saturated rings. The molecular weight excluding hydrogens is 320 g/mol. The van der Waals surface area contributed by atoms with Gasteiger partial charge in [0.2, 0.25) is 11.8 Å². The van der Waals surface area contributed by atoms with E-state index in [2.05, 4.69) is 0 Å². The van der Waals surface area contributed by atoms with Gasteiger partial charge in [0.25, 0.3) is 0 Å². The molecule has 0 bridgehead atoms. The first kappa shape index (κ1) is 19.0. The molecule has 0 saturated carbocycles. The first-order valence-corrected chi connectivity index (χ1v) is 8.59. The summed E-state index contributed by atoms with van der Waals surface area (Å²) in [6.45, 7) is 4.71. The number of carboxylic acids is 1. The van der Waals surface area contributed by atoms with E-state index in [0.717, 1.165) is 16.7 Å². The van der Waals surface area contributed by atoms with Crippen molar-refractivity contribution >= 4 is 17.8 Å². The molecule has 1 heterocycles. The number of carboxylic acid groups (broad SMARTS) is 1. The molecular formula is C19H26N2O4. The van der Waals surface area contributed by atoms with E-state index < -0.39 is 11.9 Å². The number of hydrogen-bond acceptors (Lipinski definition) is 3. The Bertz CT molecular complexity index is 651. The van der Waals surface area contributed by atoms with E-state index in [4.69, 9.17) is 5.11 Å². The molecule has 1 saturated heterocycles. The minimum Gasteiger partial charge on any atom is -0.481 e. The molecule has 1 aromatic carbocycles. The van der Waals surface area contributed by atoms with Gasteiger partial charge in [-0.2, -0.15) is 0 Å². The zero-order valence-corrected chi connectivity index (χ0v) is 15.1. The zero-order valence-electron chi connectivity index (χ0n) is 15.1. The number of aliphatic carboxylic acids is 1. The number of amides is 2. The summed E-state index contributed by atoms with van der Waals surface area (Å²) in [5.74, 6) is -1.67. The van der Waals surface area contributed by atoms with Gasteiger partial charge in [-0.25, -0.2) is 0 Å². The zero-order chi connectivity index (χ0) is 18.6. The van der Waals surface area contributed by atoms with Gasteiger partial charge in [-0.05, 0) is 43.4 Å². The van der Waals surface area contributed by atoms with Crippen molar-refractivity contribution in [2.75, 3.05) is 26.7 Å². The predicted octanol–water partition coefficient (Wildman–Crippen LogP) is 1.63. The Labute approximate surface area is 148 Å². The summed E-state index contributed by atoms with van der Waals surface area (Å²) in [6.07, 6.45) is 1.54. The number of benzene rings is 1. The maximum Gasteiger partial charge on any atom is 0.308 e. The Kier molecular flexibility index (Phi) is 6.17. The summed E-state index contributed by atoms with van der Waals surface area (Å²) >= 11 is 0. The van der Waals surface area contributed by atoms with Crippen LogP contribution >= 0.6 is 0 Å². The van der Waals surface area contributed by atoms with E-state index in [1.165, 1.54) is 4.90 Å². The molecule has 136 valence electrons. The number of aryl methyl sites for hydroxylation is 2. The van der Waals surface area contributed by atoms with Crippen LogP contribution in [0.1, 0.15) is 29.5 Å². The lowest BCUT2D eigenvalue weighted by Gasteiger charge is -2.32. The van der Waals surface area contributed by atoms with Crippen LogP contribution in [-0.4, -0.2) is 59.4 Å². The predicted molar refractivity (Wildman–Crippen MR) is 94.2 cm³/mol. The smallest absolute Gasteiger partial charge is 0.308 e. The molecule has 0 spiro atoms. The molecule has 2 rings (SSSR count). The van der Waals surface area contributed by atoms with Gasteiger partial charge in [-0.1, -0.05) is 18.2 Å². The number of carbonyl (C=O) groups excluding carboxylic acids is 2. The third-order valence-corrected chi connectivity index (χ3v) is 4.89. The second-order valence-corrected chi connectivity index (χ2v) is 6.81. The summed E-state index contributed by atoms with van der Waals surface area (Å²) in [7, 11) is 1.62. The Morgan fingerprint density at radius 1 is 1.24 bits per heavy atom. The second-order valence-electron chi connectivity index (χ2n) is 6.81. The molecule has 0 aromatic heterocycles. The highest BCUT2D eigenvalue weighted by molar-refractivity contribution is 5.86. The second kappa shape index (κ2) is 8.14. The van der Waals surface area contributed by atoms with Crippen LogP contribution in [0.4, 0.5) is 0 Å².